The molecule has 9 fully saturated rings. The Hall–Kier alpha value is -1.96. The number of halogens is 2. The van der Waals surface area contributed by atoms with Crippen LogP contribution in [0, 0.1) is 41.4 Å². The molecule has 2 unspecified atom stereocenters. The molecular weight excluding hydrogens is 911 g/mol. The Labute approximate surface area is 394 Å². The molecule has 0 saturated heterocycles. The summed E-state index contributed by atoms with van der Waals surface area (Å²) in [5, 5.41) is 0. The monoisotopic (exact) mass is 979 g/mol. The molecule has 11 aliphatic rings. The Morgan fingerprint density at radius 2 is 0.953 bits per heavy atom. The summed E-state index contributed by atoms with van der Waals surface area (Å²) in [6.45, 7) is 7.47. The zero-order chi connectivity index (χ0) is 43.2. The van der Waals surface area contributed by atoms with E-state index in [0.717, 1.165) is 41.9 Å². The van der Waals surface area contributed by atoms with Gasteiger partial charge in [-0.05, 0) is 0 Å². The Bertz CT molecular complexity index is 2500. The van der Waals surface area contributed by atoms with Crippen molar-refractivity contribution < 1.29 is 15.6 Å². The fourth-order valence-electron chi connectivity index (χ4n) is 18.5. The zero-order valence-corrected chi connectivity index (χ0v) is 44.1. The summed E-state index contributed by atoms with van der Waals surface area (Å²) < 4.78 is 0.281. The van der Waals surface area contributed by atoms with E-state index in [1.165, 1.54) is 159 Å². The van der Waals surface area contributed by atoms with Gasteiger partial charge in [-0.25, -0.2) is 0 Å². The summed E-state index contributed by atoms with van der Waals surface area (Å²) in [5.74, 6) is 4.64. The quantitative estimate of drug-likeness (QED) is 0.147. The van der Waals surface area contributed by atoms with Gasteiger partial charge in [-0.2, -0.15) is 0 Å². The van der Waals surface area contributed by atoms with Gasteiger partial charge in [0, 0.05) is 0 Å². The normalized spacial score (nSPS) is 35.3. The number of rotatable bonds is 9. The fourth-order valence-corrected chi connectivity index (χ4v) is 49.9. The van der Waals surface area contributed by atoms with Crippen LogP contribution in [0.3, 0.4) is 0 Å². The van der Waals surface area contributed by atoms with Crippen LogP contribution in [0.1, 0.15) is 163 Å². The number of allylic oxidation sites excluding steroid dienone is 2. The third kappa shape index (κ3) is 6.32. The molecule has 0 heterocycles. The van der Waals surface area contributed by atoms with Crippen LogP contribution in [0.15, 0.2) is 96.1 Å². The molecule has 15 rings (SSSR count). The van der Waals surface area contributed by atoms with Gasteiger partial charge in [-0.15, -0.1) is 0 Å². The van der Waals surface area contributed by atoms with E-state index in [1.807, 2.05) is 0 Å². The van der Waals surface area contributed by atoms with E-state index >= 15 is 0 Å². The molecule has 2 atom stereocenters. The molecule has 0 N–H and O–H groups in total. The second kappa shape index (κ2) is 15.3. The van der Waals surface area contributed by atoms with Crippen molar-refractivity contribution in [2.24, 2.45) is 41.4 Å². The maximum absolute atomic E-state index is 9.08. The Morgan fingerprint density at radius 1 is 0.531 bits per heavy atom. The van der Waals surface area contributed by atoms with Gasteiger partial charge >= 0.3 is 397 Å². The SMILES string of the molecule is CCC1=Cc2c(-c3ccc(C45CC6CC(CC(C6)C4)C5)cc3)cccc2[CH]1[Zr]([Cl])([Cl])([CH]1C(C2CCCCC2)=Cc2c(-c3ccc(C45CC6CC(CC(C6)C4)C5)cc3)cccc21)[SiH](C)C. The molecule has 8 bridgehead atoms. The van der Waals surface area contributed by atoms with E-state index in [9.17, 15) is 0 Å². The van der Waals surface area contributed by atoms with Gasteiger partial charge in [-0.3, -0.25) is 0 Å². The molecule has 333 valence electrons. The van der Waals surface area contributed by atoms with Crippen molar-refractivity contribution in [3.63, 3.8) is 0 Å². The molecule has 0 aromatic heterocycles. The topological polar surface area (TPSA) is 0 Å². The molecule has 64 heavy (non-hydrogen) atoms. The first kappa shape index (κ1) is 42.2. The van der Waals surface area contributed by atoms with E-state index in [2.05, 4.69) is 117 Å². The summed E-state index contributed by atoms with van der Waals surface area (Å²) in [6, 6.07) is 34.6. The van der Waals surface area contributed by atoms with Crippen LogP contribution < -0.4 is 0 Å². The summed E-state index contributed by atoms with van der Waals surface area (Å²) in [6.07, 6.45) is 30.3. The number of benzene rings is 4. The molecule has 0 amide bonds. The average Bonchev–Trinajstić information content (AvgIpc) is 3.90. The minimum atomic E-state index is -4.96. The second-order valence-corrected chi connectivity index (χ2v) is 67.0. The first-order valence-corrected chi connectivity index (χ1v) is 42.8. The Balaban J connectivity index is 0.890. The Morgan fingerprint density at radius 3 is 1.38 bits per heavy atom. The van der Waals surface area contributed by atoms with Gasteiger partial charge in [0.2, 0.25) is 0 Å². The van der Waals surface area contributed by atoms with Crippen molar-refractivity contribution >= 4 is 35.1 Å². The van der Waals surface area contributed by atoms with E-state index in [1.54, 1.807) is 16.7 Å². The minimum absolute atomic E-state index is 0.133. The Kier molecular flexibility index (Phi) is 10.1. The van der Waals surface area contributed by atoms with E-state index in [-0.39, 0.29) is 7.25 Å². The molecule has 9 saturated carbocycles. The summed E-state index contributed by atoms with van der Waals surface area (Å²) in [7, 11) is 18.2. The van der Waals surface area contributed by atoms with Gasteiger partial charge in [0.1, 0.15) is 0 Å². The van der Waals surface area contributed by atoms with Gasteiger partial charge in [0.25, 0.3) is 0 Å². The summed E-state index contributed by atoms with van der Waals surface area (Å²) in [4.78, 5) is 0. The third-order valence-electron chi connectivity index (χ3n) is 20.6. The van der Waals surface area contributed by atoms with Gasteiger partial charge < -0.3 is 0 Å². The molecule has 0 nitrogen and oxygen atoms in total. The van der Waals surface area contributed by atoms with Crippen LogP contribution in [0.2, 0.25) is 13.1 Å². The molecule has 11 aliphatic carbocycles. The first-order valence-electron chi connectivity index (χ1n) is 26.5. The number of hydrogen-bond acceptors (Lipinski definition) is 0. The zero-order valence-electron chi connectivity index (χ0n) is 39.0. The van der Waals surface area contributed by atoms with Gasteiger partial charge in [0.05, 0.1) is 0 Å². The van der Waals surface area contributed by atoms with Gasteiger partial charge in [0.15, 0.2) is 0 Å². The van der Waals surface area contributed by atoms with Crippen molar-refractivity contribution in [2.45, 2.75) is 154 Å². The maximum atomic E-state index is 9.08. The second-order valence-electron chi connectivity index (χ2n) is 24.5. The van der Waals surface area contributed by atoms with E-state index in [4.69, 9.17) is 17.0 Å². The van der Waals surface area contributed by atoms with E-state index in [0.29, 0.717) is 16.7 Å². The van der Waals surface area contributed by atoms with Crippen LogP contribution in [-0.4, -0.2) is 5.92 Å². The number of hydrogen-bond donors (Lipinski definition) is 0. The average molecular weight is 982 g/mol. The molecule has 4 heteroatoms. The van der Waals surface area contributed by atoms with Gasteiger partial charge in [-0.1, -0.05) is 0 Å². The standard InChI is InChI=1S/C31H35.C27H29.C2H7Si.2ClH.Zr/c1-2-5-24(6-3-1)27-16-26-7-4-8-29(30(26)17-27)25-9-11-28(12-10-25)31-18-21-13-22(19-31)15-23(14-21)20-31;1-2-18-13-23-4-3-5-25(26(23)14-18)22-6-8-24(9-7-22)27-15-19-10-20(16-27)12-21(11-19)17-27;1-3-2;;;/h4,7-12,16-17,21-24H,1-3,5-6,13-15,18-20H2;3-9,13-14,19-21H,2,10-12,15-17H2,1H3;3H,1-2H3;2*1H;/q;;;;;+2/p-2. The van der Waals surface area contributed by atoms with Crippen molar-refractivity contribution in [3.8, 4) is 22.3 Å². The summed E-state index contributed by atoms with van der Waals surface area (Å²) >= 11 is -4.96. The first-order chi connectivity index (χ1) is 31.0. The predicted octanol–water partition coefficient (Wildman–Crippen LogP) is 17.5. The van der Waals surface area contributed by atoms with Crippen LogP contribution in [0.25, 0.3) is 34.4 Å². The molecule has 4 aromatic carbocycles. The van der Waals surface area contributed by atoms with Crippen LogP contribution in [0.4, 0.5) is 0 Å². The summed E-state index contributed by atoms with van der Waals surface area (Å²) in [5.41, 5.74) is 18.4. The number of fused-ring (bicyclic) bond motifs is 2. The fraction of sp³-hybridized carbons (Fsp3) is 0.533. The van der Waals surface area contributed by atoms with Crippen molar-refractivity contribution in [1.29, 1.82) is 0 Å². The molecular formula is C60H71Cl2SiZr. The van der Waals surface area contributed by atoms with Crippen molar-refractivity contribution in [1.82, 2.24) is 0 Å². The van der Waals surface area contributed by atoms with Crippen molar-refractivity contribution in [2.75, 3.05) is 0 Å². The van der Waals surface area contributed by atoms with Crippen molar-refractivity contribution in [3.05, 3.63) is 129 Å². The van der Waals surface area contributed by atoms with Crippen LogP contribution >= 0.6 is 17.0 Å². The van der Waals surface area contributed by atoms with Crippen LogP contribution in [0.5, 0.6) is 0 Å². The molecule has 0 spiro atoms. The molecule has 4 aromatic rings. The van der Waals surface area contributed by atoms with Crippen LogP contribution in [-0.2, 0) is 26.4 Å². The van der Waals surface area contributed by atoms with E-state index < -0.39 is 21.5 Å². The molecule has 0 aliphatic heterocycles. The predicted molar refractivity (Wildman–Crippen MR) is 272 cm³/mol. The molecule has 0 radical (unpaired) electrons. The third-order valence-corrected chi connectivity index (χ3v) is 72.4.